The predicted octanol–water partition coefficient (Wildman–Crippen LogP) is 1.44. The summed E-state index contributed by atoms with van der Waals surface area (Å²) in [5.41, 5.74) is 1.80. The van der Waals surface area contributed by atoms with E-state index in [0.29, 0.717) is 6.04 Å². The Morgan fingerprint density at radius 1 is 1.53 bits per heavy atom. The molecule has 0 aromatic heterocycles. The Balaban J connectivity index is 2.19. The van der Waals surface area contributed by atoms with Crippen molar-refractivity contribution in [2.45, 2.75) is 32.4 Å². The van der Waals surface area contributed by atoms with Crippen LogP contribution in [0.2, 0.25) is 0 Å². The number of anilines is 1. The minimum atomic E-state index is 0.0819. The molecule has 1 aliphatic rings. The minimum Gasteiger partial charge on any atom is -0.395 e. The van der Waals surface area contributed by atoms with E-state index in [9.17, 15) is 9.90 Å². The number of hydrogen-bond donors (Lipinski definition) is 2. The van der Waals surface area contributed by atoms with Crippen molar-refractivity contribution in [1.82, 2.24) is 5.32 Å². The van der Waals surface area contributed by atoms with Crippen LogP contribution in [0.15, 0.2) is 24.3 Å². The Kier molecular flexibility index (Phi) is 4.56. The molecule has 1 heterocycles. The molecule has 2 unspecified atom stereocenters. The molecule has 0 amide bonds. The second-order valence-corrected chi connectivity index (χ2v) is 5.29. The van der Waals surface area contributed by atoms with Crippen molar-refractivity contribution in [3.05, 3.63) is 29.8 Å². The molecule has 1 aromatic rings. The van der Waals surface area contributed by atoms with Crippen molar-refractivity contribution in [1.29, 1.82) is 0 Å². The topological polar surface area (TPSA) is 52.6 Å². The molecular weight excluding hydrogens is 240 g/mol. The highest BCUT2D eigenvalue weighted by Crippen LogP contribution is 2.19. The summed E-state index contributed by atoms with van der Waals surface area (Å²) in [5.74, 6) is 0.0851. The van der Waals surface area contributed by atoms with E-state index in [1.807, 2.05) is 24.3 Å². The fourth-order valence-electron chi connectivity index (χ4n) is 2.51. The van der Waals surface area contributed by atoms with Gasteiger partial charge in [-0.1, -0.05) is 12.1 Å². The Labute approximate surface area is 114 Å². The lowest BCUT2D eigenvalue weighted by Gasteiger charge is -2.26. The number of carbonyl (C=O) groups is 1. The molecule has 0 saturated carbocycles. The fourth-order valence-corrected chi connectivity index (χ4v) is 2.51. The standard InChI is InChI=1S/C15H22N2O2/c1-11-6-7-17(9-14(10-18)16-11)15-5-3-4-13(8-15)12(2)19/h3-5,8,11,14,16,18H,6-7,9-10H2,1-2H3. The predicted molar refractivity (Wildman–Crippen MR) is 76.7 cm³/mol. The lowest BCUT2D eigenvalue weighted by atomic mass is 10.1. The van der Waals surface area contributed by atoms with Gasteiger partial charge in [0.05, 0.1) is 6.61 Å². The normalized spacial score (nSPS) is 24.1. The number of hydrogen-bond acceptors (Lipinski definition) is 4. The lowest BCUT2D eigenvalue weighted by Crippen LogP contribution is -2.42. The van der Waals surface area contributed by atoms with E-state index < -0.39 is 0 Å². The van der Waals surface area contributed by atoms with Crippen LogP contribution in [0.3, 0.4) is 0 Å². The van der Waals surface area contributed by atoms with Gasteiger partial charge in [0.15, 0.2) is 5.78 Å². The molecule has 19 heavy (non-hydrogen) atoms. The average Bonchev–Trinajstić information content (AvgIpc) is 2.60. The average molecular weight is 262 g/mol. The second-order valence-electron chi connectivity index (χ2n) is 5.29. The molecule has 2 N–H and O–H groups in total. The Hall–Kier alpha value is -1.39. The third kappa shape index (κ3) is 3.55. The zero-order valence-electron chi connectivity index (χ0n) is 11.6. The fraction of sp³-hybridized carbons (Fsp3) is 0.533. The lowest BCUT2D eigenvalue weighted by molar-refractivity contribution is 0.101. The van der Waals surface area contributed by atoms with Crippen LogP contribution in [0.5, 0.6) is 0 Å². The van der Waals surface area contributed by atoms with E-state index in [1.54, 1.807) is 6.92 Å². The monoisotopic (exact) mass is 262 g/mol. The number of ketones is 1. The summed E-state index contributed by atoms with van der Waals surface area (Å²) >= 11 is 0. The van der Waals surface area contributed by atoms with E-state index in [4.69, 9.17) is 0 Å². The van der Waals surface area contributed by atoms with Gasteiger partial charge >= 0.3 is 0 Å². The quantitative estimate of drug-likeness (QED) is 0.809. The van der Waals surface area contributed by atoms with Crippen molar-refractivity contribution in [2.24, 2.45) is 0 Å². The molecule has 1 aliphatic heterocycles. The number of nitrogens with one attached hydrogen (secondary N) is 1. The molecule has 0 spiro atoms. The first-order chi connectivity index (χ1) is 9.10. The maximum Gasteiger partial charge on any atom is 0.159 e. The molecule has 0 radical (unpaired) electrons. The summed E-state index contributed by atoms with van der Waals surface area (Å²) in [6.07, 6.45) is 1.03. The number of Topliss-reactive ketones (excluding diaryl/α,β-unsaturated/α-hetero) is 1. The Bertz CT molecular complexity index is 448. The van der Waals surface area contributed by atoms with Gasteiger partial charge in [-0.25, -0.2) is 0 Å². The van der Waals surface area contributed by atoms with Gasteiger partial charge in [0.2, 0.25) is 0 Å². The molecule has 0 aliphatic carbocycles. The molecule has 4 heteroatoms. The van der Waals surface area contributed by atoms with Crippen LogP contribution in [-0.4, -0.2) is 42.7 Å². The molecule has 1 aromatic carbocycles. The van der Waals surface area contributed by atoms with Crippen molar-refractivity contribution in [3.63, 3.8) is 0 Å². The largest absolute Gasteiger partial charge is 0.395 e. The maximum absolute atomic E-state index is 11.4. The van der Waals surface area contributed by atoms with Gasteiger partial charge in [-0.2, -0.15) is 0 Å². The van der Waals surface area contributed by atoms with E-state index in [1.165, 1.54) is 0 Å². The first-order valence-electron chi connectivity index (χ1n) is 6.83. The summed E-state index contributed by atoms with van der Waals surface area (Å²) < 4.78 is 0. The number of carbonyl (C=O) groups excluding carboxylic acids is 1. The van der Waals surface area contributed by atoms with Gasteiger partial charge in [0.25, 0.3) is 0 Å². The Morgan fingerprint density at radius 3 is 3.00 bits per heavy atom. The van der Waals surface area contributed by atoms with Gasteiger partial charge in [-0.15, -0.1) is 0 Å². The third-order valence-electron chi connectivity index (χ3n) is 3.63. The van der Waals surface area contributed by atoms with Crippen LogP contribution in [0.1, 0.15) is 30.6 Å². The van der Waals surface area contributed by atoms with Gasteiger partial charge in [-0.05, 0) is 32.4 Å². The molecule has 4 nitrogen and oxygen atoms in total. The van der Waals surface area contributed by atoms with Gasteiger partial charge < -0.3 is 15.3 Å². The Morgan fingerprint density at radius 2 is 2.32 bits per heavy atom. The van der Waals surface area contributed by atoms with Crippen LogP contribution in [-0.2, 0) is 0 Å². The van der Waals surface area contributed by atoms with E-state index >= 15 is 0 Å². The van der Waals surface area contributed by atoms with Crippen LogP contribution < -0.4 is 10.2 Å². The van der Waals surface area contributed by atoms with E-state index in [0.717, 1.165) is 30.8 Å². The molecule has 1 fully saturated rings. The highest BCUT2D eigenvalue weighted by Gasteiger charge is 2.21. The number of rotatable bonds is 3. The molecular formula is C15H22N2O2. The zero-order chi connectivity index (χ0) is 13.8. The minimum absolute atomic E-state index is 0.0819. The van der Waals surface area contributed by atoms with Crippen molar-refractivity contribution in [3.8, 4) is 0 Å². The number of aliphatic hydroxyl groups excluding tert-OH is 1. The third-order valence-corrected chi connectivity index (χ3v) is 3.63. The SMILES string of the molecule is CC(=O)c1cccc(N2CCC(C)NC(CO)C2)c1. The molecule has 2 rings (SSSR count). The number of nitrogens with zero attached hydrogens (tertiary/aromatic N) is 1. The maximum atomic E-state index is 11.4. The van der Waals surface area contributed by atoms with Crippen molar-refractivity contribution >= 4 is 11.5 Å². The van der Waals surface area contributed by atoms with Crippen molar-refractivity contribution in [2.75, 3.05) is 24.6 Å². The first kappa shape index (κ1) is 14.0. The van der Waals surface area contributed by atoms with E-state index in [-0.39, 0.29) is 18.4 Å². The summed E-state index contributed by atoms with van der Waals surface area (Å²) in [4.78, 5) is 13.7. The van der Waals surface area contributed by atoms with Crippen LogP contribution in [0.25, 0.3) is 0 Å². The molecule has 1 saturated heterocycles. The highest BCUT2D eigenvalue weighted by atomic mass is 16.3. The summed E-state index contributed by atoms with van der Waals surface area (Å²) in [7, 11) is 0. The summed E-state index contributed by atoms with van der Waals surface area (Å²) in [6, 6.07) is 8.20. The van der Waals surface area contributed by atoms with Crippen LogP contribution in [0, 0.1) is 0 Å². The van der Waals surface area contributed by atoms with Gasteiger partial charge in [0.1, 0.15) is 0 Å². The highest BCUT2D eigenvalue weighted by molar-refractivity contribution is 5.94. The van der Waals surface area contributed by atoms with Crippen molar-refractivity contribution < 1.29 is 9.90 Å². The number of benzene rings is 1. The smallest absolute Gasteiger partial charge is 0.159 e. The second kappa shape index (κ2) is 6.17. The van der Waals surface area contributed by atoms with Crippen LogP contribution in [0.4, 0.5) is 5.69 Å². The zero-order valence-corrected chi connectivity index (χ0v) is 11.6. The summed E-state index contributed by atoms with van der Waals surface area (Å²) in [6.45, 7) is 5.56. The molecule has 0 bridgehead atoms. The van der Waals surface area contributed by atoms with Crippen LogP contribution >= 0.6 is 0 Å². The van der Waals surface area contributed by atoms with Gasteiger partial charge in [0, 0.05) is 36.4 Å². The molecule has 2 atom stereocenters. The molecule has 104 valence electrons. The summed E-state index contributed by atoms with van der Waals surface area (Å²) in [5, 5.41) is 12.8. The van der Waals surface area contributed by atoms with E-state index in [2.05, 4.69) is 17.1 Å². The van der Waals surface area contributed by atoms with Gasteiger partial charge in [-0.3, -0.25) is 4.79 Å². The number of aliphatic hydroxyl groups is 1. The first-order valence-corrected chi connectivity index (χ1v) is 6.83.